The number of fused-ring (bicyclic) bond motifs is 5. The first-order chi connectivity index (χ1) is 12.2. The Morgan fingerprint density at radius 3 is 2.73 bits per heavy atom. The van der Waals surface area contributed by atoms with E-state index in [0.29, 0.717) is 12.5 Å². The number of ether oxygens (including phenoxy) is 1. The molecule has 0 N–H and O–H groups in total. The Labute approximate surface area is 159 Å². The predicted octanol–water partition coefficient (Wildman–Crippen LogP) is 0.332. The second kappa shape index (κ2) is 6.53. The summed E-state index contributed by atoms with van der Waals surface area (Å²) in [4.78, 5) is 0. The number of aromatic nitrogens is 3. The summed E-state index contributed by atoms with van der Waals surface area (Å²) in [6.07, 6.45) is 3.35. The lowest BCUT2D eigenvalue weighted by atomic mass is 10.0. The van der Waals surface area contributed by atoms with E-state index in [0.717, 1.165) is 17.9 Å². The molecule has 0 saturated carbocycles. The van der Waals surface area contributed by atoms with E-state index in [2.05, 4.69) is 73.3 Å². The number of para-hydroxylation sites is 1. The monoisotopic (exact) mass is 367 g/mol. The van der Waals surface area contributed by atoms with Gasteiger partial charge in [-0.2, -0.15) is 0 Å². The summed E-state index contributed by atoms with van der Waals surface area (Å²) in [5.41, 5.74) is 5.23. The molecule has 5 rings (SSSR count). The first kappa shape index (κ1) is 17.3. The van der Waals surface area contributed by atoms with Crippen molar-refractivity contribution in [2.24, 2.45) is 0 Å². The van der Waals surface area contributed by atoms with Gasteiger partial charge in [0.2, 0.25) is 6.33 Å². The van der Waals surface area contributed by atoms with Crippen molar-refractivity contribution < 1.29 is 21.7 Å². The molecule has 2 atom stereocenters. The van der Waals surface area contributed by atoms with Crippen LogP contribution in [0.2, 0.25) is 0 Å². The summed E-state index contributed by atoms with van der Waals surface area (Å²) >= 11 is 0. The van der Waals surface area contributed by atoms with Gasteiger partial charge in [0.1, 0.15) is 24.4 Å². The fourth-order valence-electron chi connectivity index (χ4n) is 4.22. The maximum absolute atomic E-state index is 6.14. The molecule has 0 saturated heterocycles. The Morgan fingerprint density at radius 1 is 1.12 bits per heavy atom. The average Bonchev–Trinajstić information content (AvgIpc) is 3.22. The normalized spacial score (nSPS) is 20.3. The zero-order chi connectivity index (χ0) is 17.0. The minimum Gasteiger partial charge on any atom is -1.00 e. The van der Waals surface area contributed by atoms with E-state index in [1.165, 1.54) is 16.7 Å². The molecule has 2 aliphatic rings. The van der Waals surface area contributed by atoms with Crippen LogP contribution in [0.1, 0.15) is 48.3 Å². The van der Waals surface area contributed by atoms with Gasteiger partial charge < -0.3 is 17.1 Å². The van der Waals surface area contributed by atoms with Crippen molar-refractivity contribution in [1.29, 1.82) is 0 Å². The van der Waals surface area contributed by atoms with Crippen molar-refractivity contribution in [2.75, 3.05) is 0 Å². The van der Waals surface area contributed by atoms with Crippen molar-refractivity contribution in [3.8, 4) is 5.69 Å². The molecule has 1 aliphatic heterocycles. The molecular weight excluding hydrogens is 346 g/mol. The van der Waals surface area contributed by atoms with Gasteiger partial charge in [0.15, 0.2) is 0 Å². The molecule has 0 amide bonds. The average molecular weight is 368 g/mol. The van der Waals surface area contributed by atoms with Crippen molar-refractivity contribution in [2.45, 2.75) is 44.9 Å². The van der Waals surface area contributed by atoms with E-state index >= 15 is 0 Å². The van der Waals surface area contributed by atoms with Crippen LogP contribution in [-0.2, 0) is 17.8 Å². The number of rotatable bonds is 2. The van der Waals surface area contributed by atoms with Crippen LogP contribution in [0.5, 0.6) is 0 Å². The molecule has 0 radical (unpaired) electrons. The lowest BCUT2D eigenvalue weighted by Gasteiger charge is -2.23. The third-order valence-corrected chi connectivity index (χ3v) is 5.43. The van der Waals surface area contributed by atoms with Gasteiger partial charge in [0.25, 0.3) is 0 Å². The predicted molar refractivity (Wildman–Crippen MR) is 94.7 cm³/mol. The quantitative estimate of drug-likeness (QED) is 0.611. The van der Waals surface area contributed by atoms with E-state index in [1.807, 2.05) is 4.68 Å². The minimum absolute atomic E-state index is 0. The highest BCUT2D eigenvalue weighted by atomic mass is 35.5. The summed E-state index contributed by atoms with van der Waals surface area (Å²) in [5.74, 6) is 1.45. The summed E-state index contributed by atoms with van der Waals surface area (Å²) < 4.78 is 10.5. The molecule has 0 spiro atoms. The van der Waals surface area contributed by atoms with E-state index < -0.39 is 0 Å². The van der Waals surface area contributed by atoms with E-state index in [-0.39, 0.29) is 24.6 Å². The lowest BCUT2D eigenvalue weighted by Crippen LogP contribution is -3.00. The maximum atomic E-state index is 6.14. The molecule has 1 aromatic heterocycles. The zero-order valence-electron chi connectivity index (χ0n) is 15.0. The molecule has 2 aromatic carbocycles. The zero-order valence-corrected chi connectivity index (χ0v) is 15.7. The summed E-state index contributed by atoms with van der Waals surface area (Å²) in [6, 6.07) is 17.4. The Hall–Kier alpha value is -2.17. The van der Waals surface area contributed by atoms with Gasteiger partial charge >= 0.3 is 5.82 Å². The summed E-state index contributed by atoms with van der Waals surface area (Å²) in [6.45, 7) is 5.02. The largest absolute Gasteiger partial charge is 1.00 e. The van der Waals surface area contributed by atoms with Crippen molar-refractivity contribution in [3.05, 3.63) is 77.4 Å². The van der Waals surface area contributed by atoms with Crippen LogP contribution in [0.15, 0.2) is 54.9 Å². The van der Waals surface area contributed by atoms with E-state index in [4.69, 9.17) is 9.84 Å². The first-order valence-corrected chi connectivity index (χ1v) is 9.01. The standard InChI is InChI=1S/C21H22N3O.ClH/c1-14(2)16-8-5-6-10-18(16)24-13-23-20(22-24)12-25-19-11-15-7-3-4-9-17(15)21(19)23;/h3-10,13-14,19,21H,11-12H2,1-2H3;1H/q+1;/p-1/t19-,21+;/m1./s1. The molecule has 0 fully saturated rings. The van der Waals surface area contributed by atoms with Gasteiger partial charge in [-0.1, -0.05) is 61.0 Å². The Morgan fingerprint density at radius 2 is 1.88 bits per heavy atom. The minimum atomic E-state index is 0. The first-order valence-electron chi connectivity index (χ1n) is 9.01. The third kappa shape index (κ3) is 2.56. The third-order valence-electron chi connectivity index (χ3n) is 5.43. The Balaban J connectivity index is 0.00000168. The topological polar surface area (TPSA) is 30.9 Å². The van der Waals surface area contributed by atoms with Gasteiger partial charge in [0, 0.05) is 11.5 Å². The second-order valence-corrected chi connectivity index (χ2v) is 7.29. The number of hydrogen-bond acceptors (Lipinski definition) is 2. The molecule has 3 aromatic rings. The van der Waals surface area contributed by atoms with Gasteiger partial charge in [-0.15, -0.1) is 0 Å². The highest BCUT2D eigenvalue weighted by molar-refractivity contribution is 5.41. The second-order valence-electron chi connectivity index (χ2n) is 7.29. The number of hydrogen-bond donors (Lipinski definition) is 0. The van der Waals surface area contributed by atoms with Crippen molar-refractivity contribution in [1.82, 2.24) is 9.78 Å². The molecule has 5 heteroatoms. The smallest absolute Gasteiger partial charge is 0.304 e. The van der Waals surface area contributed by atoms with E-state index in [9.17, 15) is 0 Å². The summed E-state index contributed by atoms with van der Waals surface area (Å²) in [5, 5.41) is 4.85. The van der Waals surface area contributed by atoms with Crippen molar-refractivity contribution in [3.63, 3.8) is 0 Å². The van der Waals surface area contributed by atoms with Gasteiger partial charge in [0.05, 0.1) is 0 Å². The molecule has 0 unspecified atom stereocenters. The van der Waals surface area contributed by atoms with Crippen LogP contribution < -0.4 is 17.0 Å². The SMILES string of the molecule is CC(C)c1ccccc1-n1c[n+]2c(n1)CO[C@@H]1Cc3ccccc3[C@@H]12.[Cl-]. The molecule has 0 bridgehead atoms. The van der Waals surface area contributed by atoms with Crippen molar-refractivity contribution >= 4 is 0 Å². The van der Waals surface area contributed by atoms with Gasteiger partial charge in [-0.05, 0) is 28.7 Å². The van der Waals surface area contributed by atoms with Gasteiger partial charge in [-0.3, -0.25) is 0 Å². The van der Waals surface area contributed by atoms with Crippen LogP contribution in [0.3, 0.4) is 0 Å². The lowest BCUT2D eigenvalue weighted by molar-refractivity contribution is -0.739. The Kier molecular flexibility index (Phi) is 4.33. The number of halogens is 1. The molecule has 134 valence electrons. The summed E-state index contributed by atoms with van der Waals surface area (Å²) in [7, 11) is 0. The van der Waals surface area contributed by atoms with Crippen LogP contribution in [0.4, 0.5) is 0 Å². The molecule has 2 heterocycles. The number of benzene rings is 2. The Bertz CT molecular complexity index is 950. The molecular formula is C21H22ClN3O. The van der Waals surface area contributed by atoms with Gasteiger partial charge in [-0.25, -0.2) is 4.57 Å². The highest BCUT2D eigenvalue weighted by Crippen LogP contribution is 2.35. The molecule has 4 nitrogen and oxygen atoms in total. The van der Waals surface area contributed by atoms with E-state index in [1.54, 1.807) is 0 Å². The van der Waals surface area contributed by atoms with Crippen LogP contribution in [0, 0.1) is 0 Å². The molecule has 1 aliphatic carbocycles. The fourth-order valence-corrected chi connectivity index (χ4v) is 4.22. The fraction of sp³-hybridized carbons (Fsp3) is 0.333. The van der Waals surface area contributed by atoms with Crippen LogP contribution >= 0.6 is 0 Å². The highest BCUT2D eigenvalue weighted by Gasteiger charge is 2.43. The van der Waals surface area contributed by atoms with Crippen LogP contribution in [0.25, 0.3) is 5.69 Å². The number of nitrogens with zero attached hydrogens (tertiary/aromatic N) is 3. The van der Waals surface area contributed by atoms with Crippen LogP contribution in [-0.4, -0.2) is 15.9 Å². The molecule has 26 heavy (non-hydrogen) atoms. The maximum Gasteiger partial charge on any atom is 0.304 e.